The quantitative estimate of drug-likeness (QED) is 0.394. The molecule has 1 aliphatic rings. The predicted octanol–water partition coefficient (Wildman–Crippen LogP) is 0.378. The van der Waals surface area contributed by atoms with Gasteiger partial charge in [-0.1, -0.05) is 6.07 Å². The van der Waals surface area contributed by atoms with Gasteiger partial charge >= 0.3 is 0 Å². The van der Waals surface area contributed by atoms with Crippen molar-refractivity contribution in [2.45, 2.75) is 13.0 Å². The van der Waals surface area contributed by atoms with E-state index in [0.717, 1.165) is 5.56 Å². The molecule has 0 bridgehead atoms. The summed E-state index contributed by atoms with van der Waals surface area (Å²) in [5.74, 6) is 1.23. The van der Waals surface area contributed by atoms with Gasteiger partial charge in [-0.25, -0.2) is 0 Å². The number of hydrogen-bond donors (Lipinski definition) is 4. The zero-order valence-electron chi connectivity index (χ0n) is 16.3. The molecule has 1 amide bonds. The number of carbonyl (C=O) groups is 1. The van der Waals surface area contributed by atoms with Crippen LogP contribution in [0.15, 0.2) is 36.4 Å². The molecule has 0 radical (unpaired) electrons. The van der Waals surface area contributed by atoms with Crippen LogP contribution in [-0.4, -0.2) is 43.3 Å². The minimum atomic E-state index is -0.667. The van der Waals surface area contributed by atoms with Gasteiger partial charge in [0.1, 0.15) is 11.3 Å². The first-order valence-corrected chi connectivity index (χ1v) is 9.04. The number of ether oxygens (including phenoxy) is 3. The predicted molar refractivity (Wildman–Crippen MR) is 109 cm³/mol. The van der Waals surface area contributed by atoms with Crippen LogP contribution in [0.4, 0.5) is 5.69 Å². The van der Waals surface area contributed by atoms with Gasteiger partial charge in [-0.15, -0.1) is 0 Å². The van der Waals surface area contributed by atoms with E-state index >= 15 is 0 Å². The summed E-state index contributed by atoms with van der Waals surface area (Å²) in [5.41, 5.74) is 8.38. The molecular weight excluding hydrogens is 374 g/mol. The van der Waals surface area contributed by atoms with E-state index in [1.54, 1.807) is 31.2 Å². The second kappa shape index (κ2) is 8.66. The fourth-order valence-corrected chi connectivity index (χ4v) is 2.91. The number of aliphatic hydroxyl groups is 1. The standard InChI is InChI=1S/C21H23N3O5/c1-12(25)10-24-21(26)14-5-7-16(23)19(20(14)27-2)15(22)6-3-13-4-8-17-18(9-13)29-11-28-17/h3-9,12,22,25H,10-11,23H2,1-2H3,(H,24,26)/p+1/b6-3+,22-15?. The van der Waals surface area contributed by atoms with Gasteiger partial charge in [0.15, 0.2) is 11.5 Å². The molecule has 1 atom stereocenters. The Balaban J connectivity index is 1.87. The number of fused-ring (bicyclic) bond motifs is 1. The summed E-state index contributed by atoms with van der Waals surface area (Å²) in [6.07, 6.45) is 2.82. The van der Waals surface area contributed by atoms with Gasteiger partial charge < -0.3 is 30.4 Å². The van der Waals surface area contributed by atoms with E-state index in [9.17, 15) is 9.90 Å². The number of allylic oxidation sites excluding steroid dienone is 1. The zero-order valence-corrected chi connectivity index (χ0v) is 16.3. The summed E-state index contributed by atoms with van der Waals surface area (Å²) in [4.78, 5) is 12.5. The number of rotatable bonds is 7. The first-order chi connectivity index (χ1) is 13.9. The Hall–Kier alpha value is -3.52. The lowest BCUT2D eigenvalue weighted by molar-refractivity contribution is -0.111. The molecule has 8 nitrogen and oxygen atoms in total. The van der Waals surface area contributed by atoms with E-state index in [1.807, 2.05) is 18.2 Å². The van der Waals surface area contributed by atoms with E-state index < -0.39 is 12.0 Å². The molecule has 2 aromatic carbocycles. The van der Waals surface area contributed by atoms with Crippen LogP contribution >= 0.6 is 0 Å². The highest BCUT2D eigenvalue weighted by Crippen LogP contribution is 2.33. The van der Waals surface area contributed by atoms with Gasteiger partial charge in [-0.2, -0.15) is 0 Å². The van der Waals surface area contributed by atoms with Crippen LogP contribution in [0.1, 0.15) is 28.4 Å². The van der Waals surface area contributed by atoms with E-state index in [2.05, 4.69) is 5.32 Å². The van der Waals surface area contributed by atoms with Gasteiger partial charge in [0.25, 0.3) is 5.91 Å². The maximum Gasteiger partial charge on any atom is 0.255 e. The highest BCUT2D eigenvalue weighted by atomic mass is 16.7. The Labute approximate surface area is 168 Å². The summed E-state index contributed by atoms with van der Waals surface area (Å²) < 4.78 is 16.1. The van der Waals surface area contributed by atoms with Crippen LogP contribution < -0.4 is 30.7 Å². The maximum atomic E-state index is 12.5. The van der Waals surface area contributed by atoms with Crippen molar-refractivity contribution in [2.75, 3.05) is 26.2 Å². The van der Waals surface area contributed by atoms with Crippen molar-refractivity contribution < 1.29 is 29.5 Å². The number of hydrogen-bond acceptors (Lipinski definition) is 6. The number of amides is 1. The average Bonchev–Trinajstić information content (AvgIpc) is 3.17. The molecule has 0 saturated carbocycles. The second-order valence-electron chi connectivity index (χ2n) is 6.57. The van der Waals surface area contributed by atoms with Gasteiger partial charge in [0.05, 0.1) is 18.8 Å². The molecule has 1 aliphatic heterocycles. The third-order valence-electron chi connectivity index (χ3n) is 4.34. The van der Waals surface area contributed by atoms with Gasteiger partial charge in [-0.3, -0.25) is 10.2 Å². The molecule has 0 aliphatic carbocycles. The molecule has 0 saturated heterocycles. The van der Waals surface area contributed by atoms with E-state index in [-0.39, 0.29) is 24.7 Å². The molecule has 0 spiro atoms. The molecule has 6 N–H and O–H groups in total. The Morgan fingerprint density at radius 3 is 2.83 bits per heavy atom. The molecule has 8 heteroatoms. The molecule has 1 heterocycles. The number of carbonyl (C=O) groups excluding carboxylic acids is 1. The maximum absolute atomic E-state index is 12.5. The molecular formula is C21H24N3O5+. The smallest absolute Gasteiger partial charge is 0.255 e. The lowest BCUT2D eigenvalue weighted by Gasteiger charge is -2.14. The lowest BCUT2D eigenvalue weighted by atomic mass is 10.0. The molecule has 0 aromatic heterocycles. The summed E-state index contributed by atoms with van der Waals surface area (Å²) in [6.45, 7) is 1.90. The third-order valence-corrected chi connectivity index (χ3v) is 4.34. The monoisotopic (exact) mass is 398 g/mol. The number of nitrogens with one attached hydrogen (secondary N) is 1. The fraction of sp³-hybridized carbons (Fsp3) is 0.238. The van der Waals surface area contributed by atoms with E-state index in [0.29, 0.717) is 28.5 Å². The van der Waals surface area contributed by atoms with Crippen LogP contribution in [0.5, 0.6) is 17.2 Å². The molecule has 29 heavy (non-hydrogen) atoms. The summed E-state index contributed by atoms with van der Waals surface area (Å²) in [6, 6.07) is 8.69. The van der Waals surface area contributed by atoms with Crippen molar-refractivity contribution in [3.05, 3.63) is 53.1 Å². The van der Waals surface area contributed by atoms with Crippen molar-refractivity contribution in [3.8, 4) is 17.2 Å². The Bertz CT molecular complexity index is 969. The molecule has 0 fully saturated rings. The van der Waals surface area contributed by atoms with Crippen molar-refractivity contribution in [1.82, 2.24) is 5.32 Å². The topological polar surface area (TPSA) is 129 Å². The van der Waals surface area contributed by atoms with Crippen LogP contribution in [0.25, 0.3) is 6.08 Å². The van der Waals surface area contributed by atoms with Crippen LogP contribution in [-0.2, 0) is 0 Å². The first-order valence-electron chi connectivity index (χ1n) is 9.04. The largest absolute Gasteiger partial charge is 0.495 e. The van der Waals surface area contributed by atoms with Crippen LogP contribution in [0, 0.1) is 0 Å². The van der Waals surface area contributed by atoms with Crippen molar-refractivity contribution in [3.63, 3.8) is 0 Å². The average molecular weight is 398 g/mol. The van der Waals surface area contributed by atoms with E-state index in [1.165, 1.54) is 7.11 Å². The molecule has 152 valence electrons. The highest BCUT2D eigenvalue weighted by molar-refractivity contribution is 6.14. The highest BCUT2D eigenvalue weighted by Gasteiger charge is 2.23. The summed E-state index contributed by atoms with van der Waals surface area (Å²) >= 11 is 0. The third kappa shape index (κ3) is 4.49. The number of anilines is 1. The SMILES string of the molecule is COc1c(C(=O)NCC(C)O)ccc(N)c1C(=[NH2+])/C=C/c1ccc2c(c1)OCO2. The van der Waals surface area contributed by atoms with Crippen LogP contribution in [0.3, 0.4) is 0 Å². The minimum Gasteiger partial charge on any atom is -0.495 e. The Kier molecular flexibility index (Phi) is 6.04. The van der Waals surface area contributed by atoms with Gasteiger partial charge in [0, 0.05) is 18.3 Å². The molecule has 2 aromatic rings. The Morgan fingerprint density at radius 1 is 1.34 bits per heavy atom. The Morgan fingerprint density at radius 2 is 2.10 bits per heavy atom. The van der Waals surface area contributed by atoms with Crippen molar-refractivity contribution in [1.29, 1.82) is 0 Å². The fourth-order valence-electron chi connectivity index (χ4n) is 2.91. The normalized spacial score (nSPS) is 13.3. The number of aliphatic hydroxyl groups excluding tert-OH is 1. The van der Waals surface area contributed by atoms with E-state index in [4.69, 9.17) is 25.4 Å². The number of nitrogen functional groups attached to an aromatic ring is 1. The lowest BCUT2D eigenvalue weighted by Crippen LogP contribution is -2.40. The minimum absolute atomic E-state index is 0.116. The number of benzene rings is 2. The van der Waals surface area contributed by atoms with Crippen molar-refractivity contribution in [2.24, 2.45) is 0 Å². The van der Waals surface area contributed by atoms with Gasteiger partial charge in [0.2, 0.25) is 12.5 Å². The van der Waals surface area contributed by atoms with Crippen molar-refractivity contribution >= 4 is 23.4 Å². The number of methoxy groups -OCH3 is 1. The summed E-state index contributed by atoms with van der Waals surface area (Å²) in [5, 5.41) is 18.3. The second-order valence-corrected chi connectivity index (χ2v) is 6.57. The van der Waals surface area contributed by atoms with Crippen LogP contribution in [0.2, 0.25) is 0 Å². The zero-order chi connectivity index (χ0) is 21.0. The molecule has 1 unspecified atom stereocenters. The van der Waals surface area contributed by atoms with Gasteiger partial charge in [-0.05, 0) is 42.8 Å². The number of nitrogens with two attached hydrogens (primary N) is 2. The first kappa shape index (κ1) is 20.2. The summed E-state index contributed by atoms with van der Waals surface area (Å²) in [7, 11) is 1.44. The molecule has 3 rings (SSSR count).